The number of fused-ring (bicyclic) bond motifs is 3. The van der Waals surface area contributed by atoms with Crippen molar-refractivity contribution in [2.24, 2.45) is 7.05 Å². The summed E-state index contributed by atoms with van der Waals surface area (Å²) in [5, 5.41) is -0.338. The van der Waals surface area contributed by atoms with E-state index in [1.54, 1.807) is 38.6 Å². The average molecular weight is 540 g/mol. The summed E-state index contributed by atoms with van der Waals surface area (Å²) < 4.78 is 56.1. The van der Waals surface area contributed by atoms with Crippen LogP contribution in [-0.2, 0) is 23.4 Å². The first kappa shape index (κ1) is 24.3. The molecule has 0 fully saturated rings. The van der Waals surface area contributed by atoms with E-state index in [1.807, 2.05) is 0 Å². The van der Waals surface area contributed by atoms with Gasteiger partial charge in [0.1, 0.15) is 11.3 Å². The van der Waals surface area contributed by atoms with E-state index in [9.17, 15) is 22.4 Å². The number of nitrogens with zero attached hydrogens (tertiary/aromatic N) is 4. The van der Waals surface area contributed by atoms with Gasteiger partial charge in [0.25, 0.3) is 11.5 Å². The van der Waals surface area contributed by atoms with E-state index in [-0.39, 0.29) is 42.4 Å². The fourth-order valence-corrected chi connectivity index (χ4v) is 6.72. The number of rotatable bonds is 2. The van der Waals surface area contributed by atoms with Crippen molar-refractivity contribution in [3.8, 4) is 11.1 Å². The van der Waals surface area contributed by atoms with E-state index in [4.69, 9.17) is 0 Å². The average Bonchev–Trinajstić information content (AvgIpc) is 3.16. The molecule has 0 saturated heterocycles. The zero-order valence-corrected chi connectivity index (χ0v) is 21.6. The van der Waals surface area contributed by atoms with E-state index >= 15 is 4.39 Å². The third kappa shape index (κ3) is 3.54. The number of nitrogens with one attached hydrogen (secondary N) is 1. The maximum absolute atomic E-state index is 15.1. The molecule has 3 aromatic heterocycles. The van der Waals surface area contributed by atoms with Crippen molar-refractivity contribution in [3.63, 3.8) is 0 Å². The number of pyridine rings is 2. The maximum Gasteiger partial charge on any atom is 0.274 e. The highest BCUT2D eigenvalue weighted by molar-refractivity contribution is 7.90. The van der Waals surface area contributed by atoms with E-state index in [0.717, 1.165) is 18.5 Å². The van der Waals surface area contributed by atoms with Crippen LogP contribution in [-0.4, -0.2) is 53.6 Å². The Kier molecular flexibility index (Phi) is 5.25. The lowest BCUT2D eigenvalue weighted by Crippen LogP contribution is -2.27. The Hall–Kier alpha value is -4.06. The van der Waals surface area contributed by atoms with Crippen molar-refractivity contribution in [2.45, 2.75) is 18.2 Å². The molecule has 0 aliphatic carbocycles. The Labute approximate surface area is 216 Å². The first-order valence-electron chi connectivity index (χ1n) is 11.9. The number of carbonyl (C=O) groups is 1. The van der Waals surface area contributed by atoms with Crippen LogP contribution in [0.25, 0.3) is 22.0 Å². The molecule has 0 saturated carbocycles. The second-order valence-corrected chi connectivity index (χ2v) is 12.1. The molecule has 12 heteroatoms. The third-order valence-corrected chi connectivity index (χ3v) is 8.90. The number of aromatic nitrogens is 3. The molecule has 0 spiro atoms. The molecule has 9 nitrogen and oxygen atoms in total. The minimum Gasteiger partial charge on any atom is -0.356 e. The van der Waals surface area contributed by atoms with Crippen molar-refractivity contribution in [1.82, 2.24) is 19.4 Å². The monoisotopic (exact) mass is 539 g/mol. The van der Waals surface area contributed by atoms with E-state index in [0.29, 0.717) is 38.8 Å². The molecule has 0 bridgehead atoms. The molecule has 1 atom stereocenters. The van der Waals surface area contributed by atoms with Crippen molar-refractivity contribution < 1.29 is 22.0 Å². The van der Waals surface area contributed by atoms with Gasteiger partial charge in [0.2, 0.25) is 0 Å². The second kappa shape index (κ2) is 8.22. The van der Waals surface area contributed by atoms with Gasteiger partial charge in [-0.05, 0) is 29.7 Å². The van der Waals surface area contributed by atoms with Crippen LogP contribution in [0, 0.1) is 11.6 Å². The first-order valence-corrected chi connectivity index (χ1v) is 13.8. The first-order chi connectivity index (χ1) is 18.0. The van der Waals surface area contributed by atoms with E-state index < -0.39 is 26.7 Å². The van der Waals surface area contributed by atoms with Crippen LogP contribution >= 0.6 is 0 Å². The number of aryl methyl sites for hydroxylation is 1. The summed E-state index contributed by atoms with van der Waals surface area (Å²) in [5.41, 5.74) is 2.75. The van der Waals surface area contributed by atoms with Crippen molar-refractivity contribution in [3.05, 3.63) is 75.5 Å². The van der Waals surface area contributed by atoms with Gasteiger partial charge in [0, 0.05) is 67.4 Å². The lowest BCUT2D eigenvalue weighted by molar-refractivity contribution is 0.0800. The number of anilines is 2. The lowest BCUT2D eigenvalue weighted by Gasteiger charge is -2.27. The van der Waals surface area contributed by atoms with Gasteiger partial charge < -0.3 is 19.4 Å². The highest BCUT2D eigenvalue weighted by Gasteiger charge is 2.36. The number of carbonyl (C=O) groups excluding carboxylic acids is 1. The smallest absolute Gasteiger partial charge is 0.274 e. The molecule has 38 heavy (non-hydrogen) atoms. The third-order valence-electron chi connectivity index (χ3n) is 7.38. The fraction of sp³-hybridized carbons (Fsp3) is 0.269. The highest BCUT2D eigenvalue weighted by Crippen LogP contribution is 2.47. The number of amides is 1. The SMILES string of the molecule is CN1CC[C@H](S(C)(=O)=O)c2cc3c(cc2C1=O)N(c1ncc(F)cc1F)Cc1c[nH]c2c(=O)n(C)cc-3c12. The molecule has 1 amide bonds. The lowest BCUT2D eigenvalue weighted by atomic mass is 9.93. The number of halogens is 2. The normalized spacial score (nSPS) is 17.3. The standard InChI is InChI=1S/C26H23F2N5O4S/c1-31-5-4-21(38(3,36)37)16-7-15-18-12-32(2)26(35)23-22(18)13(9-29-23)11-33(20(15)8-17(16)25(31)34)24-19(28)6-14(27)10-30-24/h6-10,12,21,29H,4-5,11H2,1-3H3/t21-/m0/s1. The molecule has 0 unspecified atom stereocenters. The van der Waals surface area contributed by atoms with Crippen molar-refractivity contribution in [1.29, 1.82) is 0 Å². The van der Waals surface area contributed by atoms with Crippen LogP contribution < -0.4 is 10.5 Å². The summed E-state index contributed by atoms with van der Waals surface area (Å²) in [7, 11) is -0.405. The topological polar surface area (TPSA) is 108 Å². The number of sulfone groups is 1. The number of benzene rings is 1. The Morgan fingerprint density at radius 1 is 1.08 bits per heavy atom. The largest absolute Gasteiger partial charge is 0.356 e. The summed E-state index contributed by atoms with van der Waals surface area (Å²) >= 11 is 0. The van der Waals surface area contributed by atoms with Gasteiger partial charge in [-0.25, -0.2) is 22.2 Å². The van der Waals surface area contributed by atoms with Gasteiger partial charge in [-0.3, -0.25) is 9.59 Å². The summed E-state index contributed by atoms with van der Waals surface area (Å²) in [6.45, 7) is 0.293. The van der Waals surface area contributed by atoms with Crippen LogP contribution in [0.5, 0.6) is 0 Å². The Bertz CT molecular complexity index is 1850. The predicted molar refractivity (Wildman–Crippen MR) is 138 cm³/mol. The Balaban J connectivity index is 1.75. The number of hydrogen-bond acceptors (Lipinski definition) is 6. The van der Waals surface area contributed by atoms with Crippen molar-refractivity contribution >= 4 is 38.2 Å². The Morgan fingerprint density at radius 2 is 1.84 bits per heavy atom. The fourth-order valence-electron chi connectivity index (χ4n) is 5.53. The minimum absolute atomic E-state index is 0.0566. The van der Waals surface area contributed by atoms with Gasteiger partial charge in [-0.2, -0.15) is 0 Å². The second-order valence-electron chi connectivity index (χ2n) is 9.86. The van der Waals surface area contributed by atoms with Gasteiger partial charge >= 0.3 is 0 Å². The quantitative estimate of drug-likeness (QED) is 0.418. The molecule has 5 heterocycles. The number of hydrogen-bond donors (Lipinski definition) is 1. The molecular formula is C26H23F2N5O4S. The summed E-state index contributed by atoms with van der Waals surface area (Å²) in [6, 6.07) is 3.94. The van der Waals surface area contributed by atoms with Gasteiger partial charge in [0.15, 0.2) is 21.5 Å². The number of aromatic amines is 1. The van der Waals surface area contributed by atoms with E-state index in [2.05, 4.69) is 9.97 Å². The molecule has 2 aliphatic heterocycles. The molecule has 2 aliphatic rings. The molecule has 4 aromatic rings. The molecule has 196 valence electrons. The Morgan fingerprint density at radius 3 is 2.55 bits per heavy atom. The molecule has 6 rings (SSSR count). The van der Waals surface area contributed by atoms with Gasteiger partial charge in [0.05, 0.1) is 23.7 Å². The van der Waals surface area contributed by atoms with Crippen LogP contribution in [0.3, 0.4) is 0 Å². The summed E-state index contributed by atoms with van der Waals surface area (Å²) in [4.78, 5) is 36.3. The number of H-pyrrole nitrogens is 1. The van der Waals surface area contributed by atoms with Gasteiger partial charge in [-0.1, -0.05) is 0 Å². The summed E-state index contributed by atoms with van der Waals surface area (Å²) in [5.74, 6) is -2.28. The highest BCUT2D eigenvalue weighted by atomic mass is 32.2. The summed E-state index contributed by atoms with van der Waals surface area (Å²) in [6.07, 6.45) is 5.55. The van der Waals surface area contributed by atoms with E-state index in [1.165, 1.54) is 14.4 Å². The zero-order valence-electron chi connectivity index (χ0n) is 20.7. The van der Waals surface area contributed by atoms with Gasteiger partial charge in [-0.15, -0.1) is 0 Å². The predicted octanol–water partition coefficient (Wildman–Crippen LogP) is 3.42. The molecule has 0 radical (unpaired) electrons. The van der Waals surface area contributed by atoms with Crippen molar-refractivity contribution in [2.75, 3.05) is 24.7 Å². The molecule has 1 aromatic carbocycles. The maximum atomic E-state index is 15.1. The van der Waals surface area contributed by atoms with Crippen LogP contribution in [0.1, 0.15) is 33.2 Å². The molecule has 1 N–H and O–H groups in total. The molecular weight excluding hydrogens is 516 g/mol. The van der Waals surface area contributed by atoms with Crippen LogP contribution in [0.2, 0.25) is 0 Å². The van der Waals surface area contributed by atoms with Crippen LogP contribution in [0.4, 0.5) is 20.3 Å². The van der Waals surface area contributed by atoms with Crippen LogP contribution in [0.15, 0.2) is 41.6 Å². The zero-order chi connectivity index (χ0) is 27.1. The minimum atomic E-state index is -3.61.